The second-order valence-corrected chi connectivity index (χ2v) is 13.0. The Hall–Kier alpha value is -2.59. The highest BCUT2D eigenvalue weighted by atomic mass is 35.5. The largest absolute Gasteiger partial charge is 0.444 e. The van der Waals surface area contributed by atoms with Gasteiger partial charge < -0.3 is 25.6 Å². The van der Waals surface area contributed by atoms with Gasteiger partial charge in [0.05, 0.1) is 6.04 Å². The van der Waals surface area contributed by atoms with Gasteiger partial charge in [-0.15, -0.1) is 36.4 Å². The highest BCUT2D eigenvalue weighted by Gasteiger charge is 2.48. The summed E-state index contributed by atoms with van der Waals surface area (Å²) in [4.78, 5) is 65.8. The Morgan fingerprint density at radius 3 is 2.10 bits per heavy atom. The average molecular weight is 604 g/mol. The molecule has 4 atom stereocenters. The molecule has 1 heterocycles. The smallest absolute Gasteiger partial charge is 0.408 e. The number of nitrogens with zero attached hydrogens (tertiary/aromatic N) is 1. The van der Waals surface area contributed by atoms with Gasteiger partial charge in [0.2, 0.25) is 17.6 Å². The van der Waals surface area contributed by atoms with Gasteiger partial charge in [-0.1, -0.05) is 32.9 Å². The molecule has 1 fully saturated rings. The summed E-state index contributed by atoms with van der Waals surface area (Å²) in [5.74, 6) is -3.50. The predicted octanol–water partition coefficient (Wildman–Crippen LogP) is 3.66. The molecule has 0 saturated carbocycles. The molecule has 10 nitrogen and oxygen atoms in total. The zero-order valence-electron chi connectivity index (χ0n) is 24.4. The van der Waals surface area contributed by atoms with Crippen molar-refractivity contribution in [2.45, 2.75) is 95.8 Å². The minimum Gasteiger partial charge on any atom is -0.444 e. The maximum absolute atomic E-state index is 13.9. The SMILES string of the molecule is C=CCCNC(=O)C(=O)C(CCC=C)NC(=O)[C@@H]1[C@@H](C(Cl)Cl)CCN1C(=O)[C@@H](NC(=O)OC(C)(C)C)C(C)(C)C. The number of likely N-dealkylation sites (tertiary alicyclic amines) is 1. The molecule has 0 radical (unpaired) electrons. The summed E-state index contributed by atoms with van der Waals surface area (Å²) in [7, 11) is 0. The number of ketones is 1. The molecule has 0 aliphatic carbocycles. The number of allylic oxidation sites excluding steroid dienone is 1. The minimum atomic E-state index is -1.16. The minimum absolute atomic E-state index is 0.129. The van der Waals surface area contributed by atoms with Gasteiger partial charge in [0.15, 0.2) is 0 Å². The van der Waals surface area contributed by atoms with Crippen LogP contribution < -0.4 is 16.0 Å². The van der Waals surface area contributed by atoms with Crippen LogP contribution in [0.1, 0.15) is 67.2 Å². The van der Waals surface area contributed by atoms with Gasteiger partial charge >= 0.3 is 6.09 Å². The molecule has 226 valence electrons. The number of alkyl halides is 2. The zero-order valence-corrected chi connectivity index (χ0v) is 25.9. The summed E-state index contributed by atoms with van der Waals surface area (Å²) >= 11 is 12.5. The van der Waals surface area contributed by atoms with Crippen molar-refractivity contribution in [3.8, 4) is 0 Å². The highest BCUT2D eigenvalue weighted by Crippen LogP contribution is 2.34. The first-order valence-corrected chi connectivity index (χ1v) is 14.2. The van der Waals surface area contributed by atoms with Crippen molar-refractivity contribution in [3.05, 3.63) is 25.3 Å². The molecule has 0 aromatic carbocycles. The molecule has 0 spiro atoms. The predicted molar refractivity (Wildman–Crippen MR) is 156 cm³/mol. The number of ether oxygens (including phenoxy) is 1. The van der Waals surface area contributed by atoms with Gasteiger partial charge in [-0.2, -0.15) is 0 Å². The number of hydrogen-bond donors (Lipinski definition) is 3. The molecular formula is C28H44Cl2N4O6. The molecule has 3 N–H and O–H groups in total. The number of carbonyl (C=O) groups excluding carboxylic acids is 5. The fraction of sp³-hybridized carbons (Fsp3) is 0.679. The number of hydrogen-bond acceptors (Lipinski definition) is 6. The third kappa shape index (κ3) is 10.8. The topological polar surface area (TPSA) is 134 Å². The lowest BCUT2D eigenvalue weighted by molar-refractivity contribution is -0.144. The van der Waals surface area contributed by atoms with E-state index in [4.69, 9.17) is 27.9 Å². The van der Waals surface area contributed by atoms with Crippen molar-refractivity contribution in [3.63, 3.8) is 0 Å². The van der Waals surface area contributed by atoms with E-state index in [0.29, 0.717) is 19.3 Å². The molecule has 12 heteroatoms. The van der Waals surface area contributed by atoms with Crippen molar-refractivity contribution in [2.24, 2.45) is 11.3 Å². The molecular weight excluding hydrogens is 559 g/mol. The standard InChI is InChI=1S/C28H44Cl2N4O6/c1-9-11-13-18(20(35)24(37)31-15-12-10-2)32-23(36)19-17(22(29)30)14-16-34(19)25(38)21(27(3,4)5)33-26(39)40-28(6,7)8/h9-10,17-19,21-22H,1-2,11-16H2,3-8H3,(H,31,37)(H,32,36)(H,33,39)/t17-,18?,19-,21+/m0/s1. The van der Waals surface area contributed by atoms with Crippen LogP contribution >= 0.6 is 23.2 Å². The summed E-state index contributed by atoms with van der Waals surface area (Å²) in [6.45, 7) is 18.0. The Kier molecular flexibility index (Phi) is 13.7. The normalized spacial score (nSPS) is 18.9. The number of amides is 4. The van der Waals surface area contributed by atoms with Gasteiger partial charge in [-0.25, -0.2) is 4.79 Å². The van der Waals surface area contributed by atoms with Gasteiger partial charge in [0.1, 0.15) is 22.5 Å². The number of Topliss-reactive ketones (excluding diaryl/α,β-unsaturated/α-hetero) is 1. The fourth-order valence-corrected chi connectivity index (χ4v) is 4.77. The first-order chi connectivity index (χ1) is 18.4. The molecule has 4 amide bonds. The van der Waals surface area contributed by atoms with Gasteiger partial charge in [0.25, 0.3) is 5.91 Å². The first kappa shape index (κ1) is 35.4. The van der Waals surface area contributed by atoms with E-state index in [9.17, 15) is 24.0 Å². The number of nitrogens with one attached hydrogen (secondary N) is 3. The van der Waals surface area contributed by atoms with Gasteiger partial charge in [-0.3, -0.25) is 19.2 Å². The molecule has 1 aliphatic heterocycles. The van der Waals surface area contributed by atoms with E-state index in [1.165, 1.54) is 4.90 Å². The maximum atomic E-state index is 13.9. The number of halogens is 2. The Balaban J connectivity index is 3.28. The molecule has 1 rings (SSSR count). The second kappa shape index (κ2) is 15.4. The molecule has 0 aromatic rings. The quantitative estimate of drug-likeness (QED) is 0.127. The lowest BCUT2D eigenvalue weighted by Crippen LogP contribution is -2.60. The molecule has 0 aromatic heterocycles. The molecule has 1 saturated heterocycles. The van der Waals surface area contributed by atoms with Crippen LogP contribution in [0.15, 0.2) is 25.3 Å². The van der Waals surface area contributed by atoms with Crippen molar-refractivity contribution in [2.75, 3.05) is 13.1 Å². The second-order valence-electron chi connectivity index (χ2n) is 11.8. The summed E-state index contributed by atoms with van der Waals surface area (Å²) in [6.07, 6.45) is 3.67. The van der Waals surface area contributed by atoms with E-state index in [0.717, 1.165) is 0 Å². The molecule has 1 aliphatic rings. The maximum Gasteiger partial charge on any atom is 0.408 e. The van der Waals surface area contributed by atoms with Crippen LogP contribution in [-0.2, 0) is 23.9 Å². The summed E-state index contributed by atoms with van der Waals surface area (Å²) in [6, 6.07) is -3.34. The summed E-state index contributed by atoms with van der Waals surface area (Å²) in [5.41, 5.74) is -1.54. The summed E-state index contributed by atoms with van der Waals surface area (Å²) in [5, 5.41) is 7.80. The van der Waals surface area contributed by atoms with Crippen molar-refractivity contribution >= 4 is 52.8 Å². The molecule has 1 unspecified atom stereocenters. The number of rotatable bonds is 13. The van der Waals surface area contributed by atoms with Gasteiger partial charge in [-0.05, 0) is 51.9 Å². The highest BCUT2D eigenvalue weighted by molar-refractivity contribution is 6.44. The number of carbonyl (C=O) groups is 5. The van der Waals surface area contributed by atoms with Crippen LogP contribution in [0.25, 0.3) is 0 Å². The van der Waals surface area contributed by atoms with Crippen LogP contribution in [0, 0.1) is 11.3 Å². The molecule has 0 bridgehead atoms. The monoisotopic (exact) mass is 602 g/mol. The molecule has 40 heavy (non-hydrogen) atoms. The van der Waals surface area contributed by atoms with Crippen LogP contribution in [0.5, 0.6) is 0 Å². The lowest BCUT2D eigenvalue weighted by Gasteiger charge is -2.37. The van der Waals surface area contributed by atoms with Crippen molar-refractivity contribution < 1.29 is 28.7 Å². The average Bonchev–Trinajstić information content (AvgIpc) is 3.28. The zero-order chi connectivity index (χ0) is 30.8. The van der Waals surface area contributed by atoms with Gasteiger partial charge in [0, 0.05) is 19.0 Å². The van der Waals surface area contributed by atoms with E-state index in [1.54, 1.807) is 53.7 Å². The fourth-order valence-electron chi connectivity index (χ4n) is 4.25. The Bertz CT molecular complexity index is 957. The van der Waals surface area contributed by atoms with E-state index in [2.05, 4.69) is 29.1 Å². The Morgan fingerprint density at radius 1 is 1.00 bits per heavy atom. The van der Waals surface area contributed by atoms with Crippen LogP contribution in [0.2, 0.25) is 0 Å². The van der Waals surface area contributed by atoms with Crippen molar-refractivity contribution in [1.82, 2.24) is 20.9 Å². The van der Waals surface area contributed by atoms with Crippen molar-refractivity contribution in [1.29, 1.82) is 0 Å². The van der Waals surface area contributed by atoms with Crippen LogP contribution in [-0.4, -0.2) is 76.2 Å². The Labute approximate surface area is 247 Å². The van der Waals surface area contributed by atoms with Crippen LogP contribution in [0.4, 0.5) is 4.79 Å². The first-order valence-electron chi connectivity index (χ1n) is 13.4. The van der Waals surface area contributed by atoms with E-state index >= 15 is 0 Å². The van der Waals surface area contributed by atoms with Crippen LogP contribution in [0.3, 0.4) is 0 Å². The number of alkyl carbamates (subject to hydrolysis) is 1. The summed E-state index contributed by atoms with van der Waals surface area (Å²) < 4.78 is 5.35. The third-order valence-corrected chi connectivity index (χ3v) is 6.89. The lowest BCUT2D eigenvalue weighted by atomic mass is 9.85. The van der Waals surface area contributed by atoms with E-state index in [1.807, 2.05) is 0 Å². The Morgan fingerprint density at radius 2 is 1.60 bits per heavy atom. The van der Waals surface area contributed by atoms with E-state index < -0.39 is 69.5 Å². The van der Waals surface area contributed by atoms with E-state index in [-0.39, 0.29) is 19.5 Å². The third-order valence-electron chi connectivity index (χ3n) is 6.24.